The summed E-state index contributed by atoms with van der Waals surface area (Å²) in [6.07, 6.45) is 0. The molecule has 2 N–H and O–H groups in total. The van der Waals surface area contributed by atoms with Crippen LogP contribution < -0.4 is 10.5 Å². The van der Waals surface area contributed by atoms with Crippen LogP contribution in [0.15, 0.2) is 40.9 Å². The lowest BCUT2D eigenvalue weighted by Crippen LogP contribution is -2.00. The number of nitrogen functional groups attached to an aromatic ring is 1. The highest BCUT2D eigenvalue weighted by molar-refractivity contribution is 9.10. The van der Waals surface area contributed by atoms with E-state index in [2.05, 4.69) is 15.9 Å². The molecule has 18 heavy (non-hydrogen) atoms. The van der Waals surface area contributed by atoms with Crippen LogP contribution in [0.5, 0.6) is 5.75 Å². The smallest absolute Gasteiger partial charge is 0.142 e. The molecule has 0 amide bonds. The van der Waals surface area contributed by atoms with E-state index in [-0.39, 0.29) is 12.4 Å². The van der Waals surface area contributed by atoms with E-state index < -0.39 is 0 Å². The van der Waals surface area contributed by atoms with Gasteiger partial charge in [0.25, 0.3) is 0 Å². The highest BCUT2D eigenvalue weighted by Crippen LogP contribution is 2.27. The van der Waals surface area contributed by atoms with Gasteiger partial charge in [-0.25, -0.2) is 4.39 Å². The van der Waals surface area contributed by atoms with Crippen LogP contribution in [0.4, 0.5) is 10.1 Å². The Morgan fingerprint density at radius 2 is 2.00 bits per heavy atom. The Labute approximate surface area is 118 Å². The summed E-state index contributed by atoms with van der Waals surface area (Å²) < 4.78 is 19.4. The monoisotopic (exact) mass is 329 g/mol. The van der Waals surface area contributed by atoms with Crippen molar-refractivity contribution in [3.05, 3.63) is 57.3 Å². The molecule has 94 valence electrons. The van der Waals surface area contributed by atoms with Gasteiger partial charge in [0.1, 0.15) is 18.2 Å². The average Bonchev–Trinajstić information content (AvgIpc) is 2.32. The first-order chi connectivity index (χ1) is 8.56. The first-order valence-corrected chi connectivity index (χ1v) is 6.35. The molecule has 2 aromatic carbocycles. The Morgan fingerprint density at radius 1 is 1.22 bits per heavy atom. The van der Waals surface area contributed by atoms with Gasteiger partial charge in [-0.2, -0.15) is 0 Å². The Kier molecular flexibility index (Phi) is 4.09. The second-order valence-corrected chi connectivity index (χ2v) is 5.00. The fourth-order valence-electron chi connectivity index (χ4n) is 1.46. The summed E-state index contributed by atoms with van der Waals surface area (Å²) in [6.45, 7) is 0.226. The maximum absolute atomic E-state index is 13.1. The fourth-order valence-corrected chi connectivity index (χ4v) is 2.00. The van der Waals surface area contributed by atoms with Gasteiger partial charge >= 0.3 is 0 Å². The van der Waals surface area contributed by atoms with Gasteiger partial charge in [0.2, 0.25) is 0 Å². The molecule has 0 radical (unpaired) electrons. The van der Waals surface area contributed by atoms with E-state index in [1.807, 2.05) is 0 Å². The number of hydrogen-bond acceptors (Lipinski definition) is 2. The standard InChI is InChI=1S/C13H10BrClFNO/c14-11-3-2-10(16)5-8(11)7-18-13-4-1-9(15)6-12(13)17/h1-6H,7,17H2. The van der Waals surface area contributed by atoms with Crippen molar-refractivity contribution in [2.24, 2.45) is 0 Å². The van der Waals surface area contributed by atoms with Crippen molar-refractivity contribution in [1.29, 1.82) is 0 Å². The van der Waals surface area contributed by atoms with Crippen LogP contribution in [0.1, 0.15) is 5.56 Å². The van der Waals surface area contributed by atoms with Gasteiger partial charge in [-0.3, -0.25) is 0 Å². The number of benzene rings is 2. The number of rotatable bonds is 3. The molecule has 0 spiro atoms. The average molecular weight is 331 g/mol. The Hall–Kier alpha value is -1.26. The topological polar surface area (TPSA) is 35.2 Å². The van der Waals surface area contributed by atoms with E-state index in [9.17, 15) is 4.39 Å². The van der Waals surface area contributed by atoms with Crippen LogP contribution in [0.3, 0.4) is 0 Å². The van der Waals surface area contributed by atoms with E-state index in [0.29, 0.717) is 22.0 Å². The van der Waals surface area contributed by atoms with Gasteiger partial charge < -0.3 is 10.5 Å². The minimum absolute atomic E-state index is 0.226. The first-order valence-electron chi connectivity index (χ1n) is 5.18. The Bertz CT molecular complexity index is 577. The van der Waals surface area contributed by atoms with E-state index >= 15 is 0 Å². The number of hydrogen-bond donors (Lipinski definition) is 1. The van der Waals surface area contributed by atoms with Crippen molar-refractivity contribution in [2.75, 3.05) is 5.73 Å². The molecule has 0 atom stereocenters. The Morgan fingerprint density at radius 3 is 2.72 bits per heavy atom. The predicted octanol–water partition coefficient (Wildman–Crippen LogP) is 4.40. The summed E-state index contributed by atoms with van der Waals surface area (Å²) >= 11 is 9.12. The minimum Gasteiger partial charge on any atom is -0.487 e. The summed E-state index contributed by atoms with van der Waals surface area (Å²) in [6, 6.07) is 9.41. The first kappa shape index (κ1) is 13.2. The lowest BCUT2D eigenvalue weighted by atomic mass is 10.2. The number of nitrogens with two attached hydrogens (primary N) is 1. The van der Waals surface area contributed by atoms with Crippen LogP contribution in [0, 0.1) is 5.82 Å². The molecule has 0 saturated heterocycles. The third-order valence-electron chi connectivity index (χ3n) is 2.36. The molecule has 0 aliphatic rings. The molecule has 0 bridgehead atoms. The van der Waals surface area contributed by atoms with E-state index in [1.165, 1.54) is 12.1 Å². The Balaban J connectivity index is 2.13. The van der Waals surface area contributed by atoms with E-state index in [4.69, 9.17) is 22.1 Å². The van der Waals surface area contributed by atoms with Crippen LogP contribution in [0.2, 0.25) is 5.02 Å². The van der Waals surface area contributed by atoms with Gasteiger partial charge in [-0.05, 0) is 36.4 Å². The molecule has 5 heteroatoms. The maximum atomic E-state index is 13.1. The van der Waals surface area contributed by atoms with Gasteiger partial charge in [0, 0.05) is 15.1 Å². The van der Waals surface area contributed by atoms with Crippen LogP contribution in [-0.4, -0.2) is 0 Å². The zero-order valence-electron chi connectivity index (χ0n) is 9.29. The molecule has 0 heterocycles. The number of halogens is 3. The van der Waals surface area contributed by atoms with Crippen molar-refractivity contribution >= 4 is 33.2 Å². The number of anilines is 1. The molecule has 0 aromatic heterocycles. The summed E-state index contributed by atoms with van der Waals surface area (Å²) in [5.41, 5.74) is 6.92. The highest BCUT2D eigenvalue weighted by atomic mass is 79.9. The summed E-state index contributed by atoms with van der Waals surface area (Å²) in [5, 5.41) is 0.548. The van der Waals surface area contributed by atoms with Gasteiger partial charge in [0.05, 0.1) is 5.69 Å². The summed E-state index contributed by atoms with van der Waals surface area (Å²) in [4.78, 5) is 0. The summed E-state index contributed by atoms with van der Waals surface area (Å²) in [7, 11) is 0. The van der Waals surface area contributed by atoms with Crippen molar-refractivity contribution in [2.45, 2.75) is 6.61 Å². The van der Waals surface area contributed by atoms with Crippen molar-refractivity contribution < 1.29 is 9.13 Å². The quantitative estimate of drug-likeness (QED) is 0.846. The van der Waals surface area contributed by atoms with E-state index in [1.54, 1.807) is 24.3 Å². The lowest BCUT2D eigenvalue weighted by molar-refractivity contribution is 0.306. The lowest BCUT2D eigenvalue weighted by Gasteiger charge is -2.10. The zero-order chi connectivity index (χ0) is 13.1. The van der Waals surface area contributed by atoms with Crippen molar-refractivity contribution in [3.8, 4) is 5.75 Å². The molecule has 0 saturated carbocycles. The molecule has 0 aliphatic heterocycles. The fraction of sp³-hybridized carbons (Fsp3) is 0.0769. The third kappa shape index (κ3) is 3.15. The molecular formula is C13H10BrClFNO. The van der Waals surface area contributed by atoms with Gasteiger partial charge in [-0.15, -0.1) is 0 Å². The van der Waals surface area contributed by atoms with Gasteiger partial charge in [-0.1, -0.05) is 27.5 Å². The molecular weight excluding hydrogens is 321 g/mol. The molecule has 0 fully saturated rings. The molecule has 2 aromatic rings. The minimum atomic E-state index is -0.305. The predicted molar refractivity (Wildman–Crippen MR) is 74.3 cm³/mol. The molecule has 2 nitrogen and oxygen atoms in total. The van der Waals surface area contributed by atoms with Crippen LogP contribution >= 0.6 is 27.5 Å². The van der Waals surface area contributed by atoms with Crippen LogP contribution in [0.25, 0.3) is 0 Å². The van der Waals surface area contributed by atoms with Crippen LogP contribution in [-0.2, 0) is 6.61 Å². The zero-order valence-corrected chi connectivity index (χ0v) is 11.6. The number of ether oxygens (including phenoxy) is 1. The van der Waals surface area contributed by atoms with Gasteiger partial charge in [0.15, 0.2) is 0 Å². The highest BCUT2D eigenvalue weighted by Gasteiger charge is 2.05. The molecule has 2 rings (SSSR count). The third-order valence-corrected chi connectivity index (χ3v) is 3.37. The summed E-state index contributed by atoms with van der Waals surface area (Å²) in [5.74, 6) is 0.219. The van der Waals surface area contributed by atoms with E-state index in [0.717, 1.165) is 4.47 Å². The second kappa shape index (κ2) is 5.59. The second-order valence-electron chi connectivity index (χ2n) is 3.71. The molecule has 0 unspecified atom stereocenters. The van der Waals surface area contributed by atoms with Crippen molar-refractivity contribution in [3.63, 3.8) is 0 Å². The van der Waals surface area contributed by atoms with Crippen molar-refractivity contribution in [1.82, 2.24) is 0 Å². The normalized spacial score (nSPS) is 10.4. The largest absolute Gasteiger partial charge is 0.487 e. The SMILES string of the molecule is Nc1cc(Cl)ccc1OCc1cc(F)ccc1Br. The molecule has 0 aliphatic carbocycles. The maximum Gasteiger partial charge on any atom is 0.142 e.